The zero-order valence-electron chi connectivity index (χ0n) is 12.4. The van der Waals surface area contributed by atoms with Gasteiger partial charge in [0.1, 0.15) is 0 Å². The van der Waals surface area contributed by atoms with Gasteiger partial charge in [0, 0.05) is 11.6 Å². The van der Waals surface area contributed by atoms with Crippen LogP contribution in [0.5, 0.6) is 0 Å². The Hall–Kier alpha value is -2.40. The third-order valence-corrected chi connectivity index (χ3v) is 4.89. The van der Waals surface area contributed by atoms with Crippen molar-refractivity contribution in [1.82, 2.24) is 4.98 Å². The molecule has 1 aromatic heterocycles. The van der Waals surface area contributed by atoms with Crippen LogP contribution in [-0.4, -0.2) is 13.4 Å². The molecule has 0 spiro atoms. The lowest BCUT2D eigenvalue weighted by molar-refractivity contribution is 0.601. The fourth-order valence-corrected chi connectivity index (χ4v) is 3.49. The fourth-order valence-electron chi connectivity index (χ4n) is 2.41. The molecular weight excluding hydrogens is 296 g/mol. The van der Waals surface area contributed by atoms with Crippen molar-refractivity contribution >= 4 is 26.6 Å². The summed E-state index contributed by atoms with van der Waals surface area (Å²) < 4.78 is 27.7. The van der Waals surface area contributed by atoms with Crippen LogP contribution < -0.4 is 4.72 Å². The van der Waals surface area contributed by atoms with Gasteiger partial charge in [-0.1, -0.05) is 18.2 Å². The van der Waals surface area contributed by atoms with Gasteiger partial charge in [-0.2, -0.15) is 0 Å². The van der Waals surface area contributed by atoms with Crippen molar-refractivity contribution in [3.05, 3.63) is 65.9 Å². The molecular formula is C17H16N2O2S. The van der Waals surface area contributed by atoms with Crippen molar-refractivity contribution in [2.45, 2.75) is 18.7 Å². The molecule has 0 unspecified atom stereocenters. The minimum atomic E-state index is -3.62. The van der Waals surface area contributed by atoms with E-state index in [-0.39, 0.29) is 4.90 Å². The van der Waals surface area contributed by atoms with Crippen molar-refractivity contribution in [2.75, 3.05) is 4.72 Å². The average molecular weight is 312 g/mol. The number of benzene rings is 2. The Kier molecular flexibility index (Phi) is 3.58. The molecule has 3 rings (SSSR count). The summed E-state index contributed by atoms with van der Waals surface area (Å²) in [5.74, 6) is 0. The molecule has 0 aliphatic carbocycles. The number of fused-ring (bicyclic) bond motifs is 1. The van der Waals surface area contributed by atoms with Gasteiger partial charge in [0.2, 0.25) is 0 Å². The lowest BCUT2D eigenvalue weighted by Gasteiger charge is -2.12. The Labute approximate surface area is 129 Å². The zero-order chi connectivity index (χ0) is 15.7. The second kappa shape index (κ2) is 5.42. The molecule has 0 amide bonds. The van der Waals surface area contributed by atoms with E-state index in [2.05, 4.69) is 9.71 Å². The molecule has 5 heteroatoms. The highest BCUT2D eigenvalue weighted by atomic mass is 32.2. The van der Waals surface area contributed by atoms with Crippen LogP contribution in [0.2, 0.25) is 0 Å². The Morgan fingerprint density at radius 1 is 1.00 bits per heavy atom. The largest absolute Gasteiger partial charge is 0.277 e. The number of pyridine rings is 1. The normalized spacial score (nSPS) is 11.5. The Bertz CT molecular complexity index is 936. The number of nitrogens with one attached hydrogen (secondary N) is 1. The highest BCUT2D eigenvalue weighted by Crippen LogP contribution is 2.27. The van der Waals surface area contributed by atoms with E-state index in [9.17, 15) is 8.42 Å². The maximum atomic E-state index is 12.5. The van der Waals surface area contributed by atoms with Crippen LogP contribution in [0.4, 0.5) is 5.69 Å². The Morgan fingerprint density at radius 3 is 2.45 bits per heavy atom. The van der Waals surface area contributed by atoms with Crippen molar-refractivity contribution in [3.8, 4) is 0 Å². The molecule has 0 saturated heterocycles. The molecule has 22 heavy (non-hydrogen) atoms. The first kappa shape index (κ1) is 14.5. The monoisotopic (exact) mass is 312 g/mol. The molecule has 4 nitrogen and oxygen atoms in total. The number of aryl methyl sites for hydroxylation is 2. The molecule has 0 atom stereocenters. The van der Waals surface area contributed by atoms with Gasteiger partial charge in [0.15, 0.2) is 0 Å². The van der Waals surface area contributed by atoms with E-state index in [0.717, 1.165) is 16.5 Å². The summed E-state index contributed by atoms with van der Waals surface area (Å²) in [5, 5.41) is 0.952. The van der Waals surface area contributed by atoms with E-state index in [1.54, 1.807) is 42.6 Å². The fraction of sp³-hybridized carbons (Fsp3) is 0.118. The van der Waals surface area contributed by atoms with E-state index in [1.807, 2.05) is 26.0 Å². The molecule has 0 fully saturated rings. The number of hydrogen-bond donors (Lipinski definition) is 1. The van der Waals surface area contributed by atoms with Gasteiger partial charge in [-0.05, 0) is 55.3 Å². The van der Waals surface area contributed by atoms with Crippen LogP contribution in [0.15, 0.2) is 59.6 Å². The van der Waals surface area contributed by atoms with Crippen molar-refractivity contribution in [3.63, 3.8) is 0 Å². The smallest absolute Gasteiger partial charge is 0.261 e. The molecule has 2 aromatic carbocycles. The number of nitrogens with zero attached hydrogens (tertiary/aromatic N) is 1. The number of rotatable bonds is 3. The van der Waals surface area contributed by atoms with Gasteiger partial charge < -0.3 is 0 Å². The number of aromatic nitrogens is 1. The quantitative estimate of drug-likeness (QED) is 0.803. The number of anilines is 1. The van der Waals surface area contributed by atoms with Crippen molar-refractivity contribution in [1.29, 1.82) is 0 Å². The summed E-state index contributed by atoms with van der Waals surface area (Å²) in [6.07, 6.45) is 1.69. The van der Waals surface area contributed by atoms with Gasteiger partial charge in [-0.25, -0.2) is 8.42 Å². The third-order valence-electron chi connectivity index (χ3n) is 3.51. The first-order valence-electron chi connectivity index (χ1n) is 6.91. The maximum absolute atomic E-state index is 12.5. The van der Waals surface area contributed by atoms with Crippen LogP contribution >= 0.6 is 0 Å². The molecule has 0 saturated carbocycles. The summed E-state index contributed by atoms with van der Waals surface area (Å²) in [5.41, 5.74) is 3.20. The third kappa shape index (κ3) is 2.67. The predicted octanol–water partition coefficient (Wildman–Crippen LogP) is 3.65. The standard InChI is InChI=1S/C17H16N2O2S/c1-12-10-15-13(2)8-9-18-17(15)16(11-12)19-22(20,21)14-6-4-3-5-7-14/h3-11,19H,1-2H3. The average Bonchev–Trinajstić information content (AvgIpc) is 2.49. The van der Waals surface area contributed by atoms with E-state index in [0.29, 0.717) is 11.2 Å². The van der Waals surface area contributed by atoms with E-state index in [1.165, 1.54) is 0 Å². The highest BCUT2D eigenvalue weighted by molar-refractivity contribution is 7.92. The van der Waals surface area contributed by atoms with Gasteiger partial charge in [0.25, 0.3) is 10.0 Å². The first-order valence-corrected chi connectivity index (χ1v) is 8.39. The van der Waals surface area contributed by atoms with Crippen LogP contribution in [0, 0.1) is 13.8 Å². The van der Waals surface area contributed by atoms with Crippen molar-refractivity contribution in [2.24, 2.45) is 0 Å². The molecule has 1 N–H and O–H groups in total. The second-order valence-corrected chi connectivity index (χ2v) is 6.94. The summed E-state index contributed by atoms with van der Waals surface area (Å²) >= 11 is 0. The maximum Gasteiger partial charge on any atom is 0.261 e. The van der Waals surface area contributed by atoms with Gasteiger partial charge in [-0.3, -0.25) is 9.71 Å². The van der Waals surface area contributed by atoms with Crippen LogP contribution in [0.3, 0.4) is 0 Å². The minimum Gasteiger partial charge on any atom is -0.277 e. The first-order chi connectivity index (χ1) is 10.5. The molecule has 1 heterocycles. The van der Waals surface area contributed by atoms with Gasteiger partial charge in [-0.15, -0.1) is 0 Å². The molecule has 0 bridgehead atoms. The van der Waals surface area contributed by atoms with Crippen LogP contribution in [0.25, 0.3) is 10.9 Å². The topological polar surface area (TPSA) is 59.1 Å². The van der Waals surface area contributed by atoms with Crippen molar-refractivity contribution < 1.29 is 8.42 Å². The molecule has 0 radical (unpaired) electrons. The lowest BCUT2D eigenvalue weighted by Crippen LogP contribution is -2.13. The molecule has 0 aliphatic rings. The summed E-state index contributed by atoms with van der Waals surface area (Å²) in [7, 11) is -3.62. The number of hydrogen-bond acceptors (Lipinski definition) is 3. The van der Waals surface area contributed by atoms with E-state index < -0.39 is 10.0 Å². The van der Waals surface area contributed by atoms with Gasteiger partial charge in [0.05, 0.1) is 16.1 Å². The minimum absolute atomic E-state index is 0.234. The molecule has 0 aliphatic heterocycles. The predicted molar refractivity (Wildman–Crippen MR) is 88.5 cm³/mol. The molecule has 3 aromatic rings. The Balaban J connectivity index is 2.14. The van der Waals surface area contributed by atoms with E-state index in [4.69, 9.17) is 0 Å². The summed E-state index contributed by atoms with van der Waals surface area (Å²) in [6.45, 7) is 3.92. The van der Waals surface area contributed by atoms with Crippen LogP contribution in [0.1, 0.15) is 11.1 Å². The van der Waals surface area contributed by atoms with Crippen LogP contribution in [-0.2, 0) is 10.0 Å². The lowest BCUT2D eigenvalue weighted by atomic mass is 10.1. The SMILES string of the molecule is Cc1cc(NS(=O)(=O)c2ccccc2)c2nccc(C)c2c1. The second-order valence-electron chi connectivity index (χ2n) is 5.26. The highest BCUT2D eigenvalue weighted by Gasteiger charge is 2.16. The summed E-state index contributed by atoms with van der Waals surface area (Å²) in [4.78, 5) is 4.57. The summed E-state index contributed by atoms with van der Waals surface area (Å²) in [6, 6.07) is 14.0. The Morgan fingerprint density at radius 2 is 1.73 bits per heavy atom. The number of sulfonamides is 1. The zero-order valence-corrected chi connectivity index (χ0v) is 13.2. The van der Waals surface area contributed by atoms with E-state index >= 15 is 0 Å². The molecule has 112 valence electrons. The van der Waals surface area contributed by atoms with Gasteiger partial charge >= 0.3 is 0 Å².